The molecular formula is C20H26N6. The maximum atomic E-state index is 5.94. The van der Waals surface area contributed by atoms with Gasteiger partial charge in [0.15, 0.2) is 0 Å². The number of hydrogen-bond acceptors (Lipinski definition) is 5. The van der Waals surface area contributed by atoms with E-state index in [1.807, 2.05) is 12.1 Å². The highest BCUT2D eigenvalue weighted by Crippen LogP contribution is 2.34. The van der Waals surface area contributed by atoms with E-state index in [0.29, 0.717) is 12.0 Å². The van der Waals surface area contributed by atoms with Crippen molar-refractivity contribution in [2.24, 2.45) is 5.73 Å². The first-order chi connectivity index (χ1) is 12.6. The van der Waals surface area contributed by atoms with Gasteiger partial charge in [0, 0.05) is 30.4 Å². The van der Waals surface area contributed by atoms with E-state index < -0.39 is 0 Å². The van der Waals surface area contributed by atoms with Gasteiger partial charge in [-0.3, -0.25) is 9.88 Å². The fourth-order valence-corrected chi connectivity index (χ4v) is 3.76. The van der Waals surface area contributed by atoms with E-state index in [0.717, 1.165) is 55.3 Å². The van der Waals surface area contributed by atoms with Crippen LogP contribution < -0.4 is 5.73 Å². The van der Waals surface area contributed by atoms with Gasteiger partial charge in [-0.1, -0.05) is 24.3 Å². The third-order valence-electron chi connectivity index (χ3n) is 5.21. The predicted octanol–water partition coefficient (Wildman–Crippen LogP) is 2.68. The summed E-state index contributed by atoms with van der Waals surface area (Å²) in [5.74, 6) is 2.59. The molecule has 1 aliphatic carbocycles. The van der Waals surface area contributed by atoms with Crippen LogP contribution in [-0.4, -0.2) is 37.7 Å². The van der Waals surface area contributed by atoms with Crippen LogP contribution >= 0.6 is 0 Å². The average Bonchev–Trinajstić information content (AvgIpc) is 3.00. The molecule has 0 radical (unpaired) electrons. The highest BCUT2D eigenvalue weighted by molar-refractivity contribution is 5.78. The maximum Gasteiger partial charge on any atom is 0.147 e. The van der Waals surface area contributed by atoms with Crippen LogP contribution in [0.4, 0.5) is 0 Å². The molecule has 2 heterocycles. The molecule has 0 saturated heterocycles. The Morgan fingerprint density at radius 3 is 2.69 bits per heavy atom. The summed E-state index contributed by atoms with van der Waals surface area (Å²) in [5, 5.41) is 10.1. The molecule has 1 aliphatic rings. The van der Waals surface area contributed by atoms with E-state index in [-0.39, 0.29) is 0 Å². The Morgan fingerprint density at radius 1 is 1.12 bits per heavy atom. The molecule has 0 bridgehead atoms. The topological polar surface area (TPSA) is 72.9 Å². The number of rotatable bonds is 6. The second kappa shape index (κ2) is 7.13. The normalized spacial score (nSPS) is 19.8. The van der Waals surface area contributed by atoms with Crippen molar-refractivity contribution in [3.05, 3.63) is 53.7 Å². The van der Waals surface area contributed by atoms with Crippen LogP contribution in [0.3, 0.4) is 0 Å². The van der Waals surface area contributed by atoms with Crippen LogP contribution in [0.2, 0.25) is 0 Å². The van der Waals surface area contributed by atoms with Gasteiger partial charge in [-0.2, -0.15) is 0 Å². The van der Waals surface area contributed by atoms with Crippen molar-refractivity contribution in [2.75, 3.05) is 7.05 Å². The van der Waals surface area contributed by atoms with Crippen molar-refractivity contribution in [1.29, 1.82) is 0 Å². The first kappa shape index (κ1) is 17.1. The van der Waals surface area contributed by atoms with Crippen molar-refractivity contribution in [3.8, 4) is 0 Å². The molecule has 1 fully saturated rings. The molecule has 0 amide bonds. The summed E-state index contributed by atoms with van der Waals surface area (Å²) in [5.41, 5.74) is 8.05. The zero-order valence-electron chi connectivity index (χ0n) is 15.5. The summed E-state index contributed by atoms with van der Waals surface area (Å²) in [6, 6.07) is 12.8. The Morgan fingerprint density at radius 2 is 1.92 bits per heavy atom. The lowest BCUT2D eigenvalue weighted by Gasteiger charge is -2.31. The average molecular weight is 350 g/mol. The minimum Gasteiger partial charge on any atom is -0.328 e. The van der Waals surface area contributed by atoms with E-state index in [9.17, 15) is 0 Å². The minimum atomic E-state index is 0.326. The number of aromatic nitrogens is 4. The summed E-state index contributed by atoms with van der Waals surface area (Å²) >= 11 is 0. The smallest absolute Gasteiger partial charge is 0.147 e. The van der Waals surface area contributed by atoms with E-state index in [2.05, 4.69) is 57.9 Å². The van der Waals surface area contributed by atoms with Gasteiger partial charge in [0.05, 0.1) is 17.8 Å². The first-order valence-electron chi connectivity index (χ1n) is 9.34. The number of hydrogen-bond donors (Lipinski definition) is 1. The SMILES string of the molecule is CCn1c(CN(C)Cc2ccc3ccccc3n2)nnc1C1CC(N)C1. The standard InChI is InChI=1S/C20H26N6/c1-3-26-19(23-24-20(26)15-10-16(21)11-15)13-25(2)12-17-9-8-14-6-4-5-7-18(14)22-17/h4-9,15-16H,3,10-13,21H2,1-2H3. The molecule has 2 N–H and O–H groups in total. The molecule has 6 heteroatoms. The van der Waals surface area contributed by atoms with Gasteiger partial charge >= 0.3 is 0 Å². The van der Waals surface area contributed by atoms with Gasteiger partial charge in [-0.25, -0.2) is 0 Å². The van der Waals surface area contributed by atoms with Gasteiger partial charge in [0.25, 0.3) is 0 Å². The van der Waals surface area contributed by atoms with Crippen LogP contribution in [0.15, 0.2) is 36.4 Å². The summed E-state index contributed by atoms with van der Waals surface area (Å²) in [4.78, 5) is 7.00. The third kappa shape index (κ3) is 3.34. The van der Waals surface area contributed by atoms with Gasteiger partial charge < -0.3 is 10.3 Å². The molecule has 0 aliphatic heterocycles. The molecule has 3 aromatic rings. The molecule has 136 valence electrons. The molecule has 1 saturated carbocycles. The lowest BCUT2D eigenvalue weighted by Crippen LogP contribution is -2.36. The first-order valence-corrected chi connectivity index (χ1v) is 9.34. The molecule has 6 nitrogen and oxygen atoms in total. The fourth-order valence-electron chi connectivity index (χ4n) is 3.76. The highest BCUT2D eigenvalue weighted by Gasteiger charge is 2.32. The van der Waals surface area contributed by atoms with E-state index in [1.54, 1.807) is 0 Å². The van der Waals surface area contributed by atoms with Crippen molar-refractivity contribution in [2.45, 2.75) is 51.4 Å². The van der Waals surface area contributed by atoms with Crippen molar-refractivity contribution < 1.29 is 0 Å². The lowest BCUT2D eigenvalue weighted by atomic mass is 9.80. The molecule has 26 heavy (non-hydrogen) atoms. The number of para-hydroxylation sites is 1. The zero-order valence-corrected chi connectivity index (χ0v) is 15.5. The Kier molecular flexibility index (Phi) is 4.70. The Hall–Kier alpha value is -2.31. The number of nitrogens with zero attached hydrogens (tertiary/aromatic N) is 5. The molecule has 0 atom stereocenters. The molecule has 0 unspecified atom stereocenters. The van der Waals surface area contributed by atoms with Gasteiger partial charge in [0.1, 0.15) is 11.6 Å². The zero-order chi connectivity index (χ0) is 18.1. The molecule has 1 aromatic carbocycles. The fraction of sp³-hybridized carbons (Fsp3) is 0.450. The highest BCUT2D eigenvalue weighted by atomic mass is 15.3. The van der Waals surface area contributed by atoms with Gasteiger partial charge in [-0.05, 0) is 38.9 Å². The lowest BCUT2D eigenvalue weighted by molar-refractivity contribution is 0.297. The van der Waals surface area contributed by atoms with E-state index in [4.69, 9.17) is 10.7 Å². The number of pyridine rings is 1. The molecular weight excluding hydrogens is 324 g/mol. The second-order valence-electron chi connectivity index (χ2n) is 7.31. The van der Waals surface area contributed by atoms with Crippen molar-refractivity contribution in [3.63, 3.8) is 0 Å². The van der Waals surface area contributed by atoms with Crippen LogP contribution in [0.25, 0.3) is 10.9 Å². The maximum absolute atomic E-state index is 5.94. The Bertz CT molecular complexity index is 896. The summed E-state index contributed by atoms with van der Waals surface area (Å²) in [6.07, 6.45) is 2.05. The van der Waals surface area contributed by atoms with Crippen LogP contribution in [0.1, 0.15) is 43.0 Å². The van der Waals surface area contributed by atoms with Crippen LogP contribution in [-0.2, 0) is 19.6 Å². The van der Waals surface area contributed by atoms with Gasteiger partial charge in [0.2, 0.25) is 0 Å². The van der Waals surface area contributed by atoms with Crippen LogP contribution in [0.5, 0.6) is 0 Å². The van der Waals surface area contributed by atoms with E-state index in [1.165, 1.54) is 5.39 Å². The predicted molar refractivity (Wildman–Crippen MR) is 103 cm³/mol. The minimum absolute atomic E-state index is 0.326. The number of fused-ring (bicyclic) bond motifs is 1. The quantitative estimate of drug-likeness (QED) is 0.740. The molecule has 2 aromatic heterocycles. The summed E-state index contributed by atoms with van der Waals surface area (Å²) < 4.78 is 2.25. The number of nitrogens with two attached hydrogens (primary N) is 1. The van der Waals surface area contributed by atoms with E-state index >= 15 is 0 Å². The van der Waals surface area contributed by atoms with Gasteiger partial charge in [-0.15, -0.1) is 10.2 Å². The second-order valence-corrected chi connectivity index (χ2v) is 7.31. The summed E-state index contributed by atoms with van der Waals surface area (Å²) in [7, 11) is 2.10. The Labute approximate surface area is 154 Å². The molecule has 4 rings (SSSR count). The Balaban J connectivity index is 1.46. The van der Waals surface area contributed by atoms with Crippen molar-refractivity contribution >= 4 is 10.9 Å². The number of benzene rings is 1. The largest absolute Gasteiger partial charge is 0.328 e. The summed E-state index contributed by atoms with van der Waals surface area (Å²) in [6.45, 7) is 4.59. The van der Waals surface area contributed by atoms with Crippen molar-refractivity contribution in [1.82, 2.24) is 24.6 Å². The third-order valence-corrected chi connectivity index (χ3v) is 5.21. The monoisotopic (exact) mass is 350 g/mol. The van der Waals surface area contributed by atoms with Crippen LogP contribution in [0, 0.1) is 0 Å². The molecule has 0 spiro atoms.